The number of hydrogen-bond donors (Lipinski definition) is 11. The number of ether oxygens (including phenoxy) is 5. The number of aromatic nitrogens is 1. The second kappa shape index (κ2) is 35.2. The fourth-order valence-corrected chi connectivity index (χ4v) is 13.8. The number of allylic oxidation sites excluding steroid dienone is 2. The number of Topliss-reactive ketones (excluding diaryl/α,β-unsaturated/α-hetero) is 1. The smallest absolute Gasteiger partial charge is 0.407 e. The summed E-state index contributed by atoms with van der Waals surface area (Å²) in [5, 5.41) is 62.9. The molecule has 0 spiro atoms. The Morgan fingerprint density at radius 2 is 1.55 bits per heavy atom. The van der Waals surface area contributed by atoms with Crippen LogP contribution < -0.4 is 52.7 Å². The van der Waals surface area contributed by atoms with Crippen LogP contribution in [-0.4, -0.2) is 171 Å². The number of nitrogens with one attached hydrogen (secondary N) is 6. The van der Waals surface area contributed by atoms with Gasteiger partial charge in [0.25, 0.3) is 23.5 Å². The van der Waals surface area contributed by atoms with Gasteiger partial charge in [-0.1, -0.05) is 78.3 Å². The minimum absolute atomic E-state index is 0.0375. The quantitative estimate of drug-likeness (QED) is 0.0109. The van der Waals surface area contributed by atoms with Crippen LogP contribution in [-0.2, 0) is 59.1 Å². The van der Waals surface area contributed by atoms with Gasteiger partial charge in [0.2, 0.25) is 23.2 Å². The number of alkyl carbamates (subject to hydrolysis) is 1. The number of carbonyl (C=O) groups excluding carboxylic acids is 10. The SMILES string of the molecule is CO[C@H]1/C=C/O[C@@]2(C)Oc3c(C)c(O)c4c(=O)c(c5oc6cc(N7CCC(NC(=O)OCc8ccc(NC(=O)[C@H](CCCNC(N)=O)NC(=O)[C@@H](NC(=O)CCCCCN9C(=O)C=CC9=O)C(C)C)cc8)CC7)cc(O)c6nc-5c4c3C2=O)NC(=O)/C(C)=C\C=C\[C@H](C)[C@H](O)[C@@H](C)[C@@H](O)[C@@H](C)[C@H](OC(C)=O)[C@@H]1C. The van der Waals surface area contributed by atoms with Gasteiger partial charge < -0.3 is 91.1 Å². The molecule has 5 heterocycles. The molecule has 6 aliphatic rings. The number of ketones is 1. The van der Waals surface area contributed by atoms with E-state index in [1.165, 1.54) is 77.5 Å². The minimum atomic E-state index is -2.17. The number of anilines is 3. The number of nitrogens with zero attached hydrogens (tertiary/aromatic N) is 3. The molecule has 0 unspecified atom stereocenters. The van der Waals surface area contributed by atoms with E-state index in [0.717, 1.165) is 4.90 Å². The molecule has 108 heavy (non-hydrogen) atoms. The number of amides is 9. The number of aromatic hydroxyl groups is 2. The lowest BCUT2D eigenvalue weighted by Crippen LogP contribution is -2.54. The highest BCUT2D eigenvalue weighted by atomic mass is 16.7. The number of phenols is 2. The summed E-state index contributed by atoms with van der Waals surface area (Å²) in [5.74, 6) is -11.5. The third kappa shape index (κ3) is 18.7. The van der Waals surface area contributed by atoms with E-state index in [-0.39, 0.29) is 119 Å². The number of aliphatic hydroxyl groups excluding tert-OH is 2. The lowest BCUT2D eigenvalue weighted by molar-refractivity contribution is -0.160. The fourth-order valence-electron chi connectivity index (χ4n) is 13.8. The van der Waals surface area contributed by atoms with Crippen LogP contribution in [0.25, 0.3) is 33.3 Å². The predicted molar refractivity (Wildman–Crippen MR) is 396 cm³/mol. The van der Waals surface area contributed by atoms with Crippen molar-refractivity contribution in [3.05, 3.63) is 112 Å². The Kier molecular flexibility index (Phi) is 26.5. The van der Waals surface area contributed by atoms with Crippen molar-refractivity contribution in [3.63, 3.8) is 0 Å². The highest BCUT2D eigenvalue weighted by Gasteiger charge is 2.50. The highest BCUT2D eigenvalue weighted by Crippen LogP contribution is 2.51. The predicted octanol–water partition coefficient (Wildman–Crippen LogP) is 7.05. The van der Waals surface area contributed by atoms with Crippen LogP contribution in [0.4, 0.5) is 26.7 Å². The number of esters is 1. The van der Waals surface area contributed by atoms with Crippen LogP contribution in [0.5, 0.6) is 17.2 Å². The number of methoxy groups -OCH3 is 1. The second-order valence-corrected chi connectivity index (χ2v) is 28.5. The number of piperidine rings is 1. The van der Waals surface area contributed by atoms with Crippen LogP contribution >= 0.6 is 0 Å². The lowest BCUT2D eigenvalue weighted by Gasteiger charge is -2.38. The standard InChI is InChI=1S/C77H96N10O21/c1-38(2)60(83-54(90)20-13-12-14-31-87-55(91)25-26-56(87)92)74(100)82-50(19-16-30-79-75(78)101)73(99)80-47-23-21-46(22-24-47)37-104-76(102)81-48-27-32-86(33-28-48)49-35-51(89)61-53(36-49)107-70-62(84-61)57-58-66(95)44(8)69-59(57)71(97)77(10,108-69)105-34-29-52(103-11)41(5)68(106-45(9)88)43(7)65(94)42(6)64(93)39(3)17-15-18-40(4)72(98)85-63(70)67(58)96/h15,17-18,21-26,29,34-36,38-39,41-43,48,50,52,60,64-65,68,89,93-95H,12-14,16,19-20,27-28,30-33,37H2,1-11H3,(H,80,99)(H,81,102)(H,82,100)(H,83,90)(H,85,98)(H3,78,79,101)/b17-15+,34-29+,40-18-/t39-,41+,42+,43+,50-,52-,60-,64-,65+,68+,77-/m0/s1. The third-order valence-corrected chi connectivity index (χ3v) is 20.2. The van der Waals surface area contributed by atoms with Crippen LogP contribution in [0, 0.1) is 36.5 Å². The van der Waals surface area contributed by atoms with Gasteiger partial charge >= 0.3 is 23.9 Å². The first kappa shape index (κ1) is 81.2. The van der Waals surface area contributed by atoms with Crippen molar-refractivity contribution < 1.29 is 96.5 Å². The molecule has 5 aliphatic heterocycles. The molecule has 0 radical (unpaired) electrons. The van der Waals surface area contributed by atoms with Gasteiger partial charge in [-0.2, -0.15) is 0 Å². The van der Waals surface area contributed by atoms with Gasteiger partial charge in [-0.3, -0.25) is 48.1 Å². The molecule has 3 aromatic rings. The summed E-state index contributed by atoms with van der Waals surface area (Å²) in [4.78, 5) is 154. The number of imide groups is 1. The van der Waals surface area contributed by atoms with Gasteiger partial charge in [-0.15, -0.1) is 0 Å². The highest BCUT2D eigenvalue weighted by molar-refractivity contribution is 6.22. The molecule has 3 aromatic carbocycles. The average molecular weight is 1500 g/mol. The maximum atomic E-state index is 15.1. The molecule has 1 aliphatic carbocycles. The number of phenolic OH excluding ortho intramolecular Hbond substituents is 2. The Morgan fingerprint density at radius 3 is 2.20 bits per heavy atom. The topological polar surface area (TPSA) is 446 Å². The van der Waals surface area contributed by atoms with Crippen molar-refractivity contribution in [2.45, 2.75) is 176 Å². The second-order valence-electron chi connectivity index (χ2n) is 28.5. The Hall–Kier alpha value is -10.9. The molecule has 1 fully saturated rings. The van der Waals surface area contributed by atoms with Crippen molar-refractivity contribution in [1.29, 1.82) is 0 Å². The number of rotatable bonds is 22. The molecule has 4 bridgehead atoms. The zero-order valence-corrected chi connectivity index (χ0v) is 62.3. The summed E-state index contributed by atoms with van der Waals surface area (Å²) in [6, 6.07) is 6.23. The Bertz CT molecular complexity index is 4410. The number of hydrogen-bond acceptors (Lipinski definition) is 23. The maximum Gasteiger partial charge on any atom is 0.407 e. The lowest BCUT2D eigenvalue weighted by atomic mass is 9.78. The first-order valence-corrected chi connectivity index (χ1v) is 36.1. The number of unbranched alkanes of at least 4 members (excludes halogenated alkanes) is 2. The van der Waals surface area contributed by atoms with Gasteiger partial charge in [0, 0.05) is 135 Å². The first-order chi connectivity index (χ1) is 51.2. The number of primary amides is 1. The van der Waals surface area contributed by atoms with Crippen LogP contribution in [0.3, 0.4) is 0 Å². The zero-order chi connectivity index (χ0) is 78.7. The molecule has 9 rings (SSSR count). The summed E-state index contributed by atoms with van der Waals surface area (Å²) < 4.78 is 36.2. The molecular formula is C77H96N10O21. The van der Waals surface area contributed by atoms with Crippen LogP contribution in [0.1, 0.15) is 135 Å². The van der Waals surface area contributed by atoms with E-state index in [1.54, 1.807) is 78.0 Å². The van der Waals surface area contributed by atoms with E-state index in [0.29, 0.717) is 62.1 Å². The van der Waals surface area contributed by atoms with Crippen LogP contribution in [0.15, 0.2) is 93.9 Å². The molecule has 31 heteroatoms. The normalized spacial score (nSPS) is 23.8. The molecular weight excluding hydrogens is 1400 g/mol. The molecule has 11 atom stereocenters. The Labute approximate surface area is 623 Å². The summed E-state index contributed by atoms with van der Waals surface area (Å²) in [7, 11) is 1.41. The zero-order valence-electron chi connectivity index (χ0n) is 62.3. The van der Waals surface area contributed by atoms with Gasteiger partial charge in [-0.05, 0) is 82.1 Å². The number of benzene rings is 4. The van der Waals surface area contributed by atoms with E-state index >= 15 is 9.59 Å². The summed E-state index contributed by atoms with van der Waals surface area (Å²) in [5.41, 5.74) is 4.53. The van der Waals surface area contributed by atoms with Gasteiger partial charge in [0.1, 0.15) is 58.9 Å². The van der Waals surface area contributed by atoms with E-state index in [4.69, 9.17) is 38.8 Å². The van der Waals surface area contributed by atoms with Crippen molar-refractivity contribution in [1.82, 2.24) is 31.2 Å². The van der Waals surface area contributed by atoms with Gasteiger partial charge in [0.05, 0.1) is 35.5 Å². The molecule has 1 saturated heterocycles. The van der Waals surface area contributed by atoms with Crippen molar-refractivity contribution >= 4 is 98.3 Å². The van der Waals surface area contributed by atoms with Crippen molar-refractivity contribution in [2.24, 2.45) is 35.3 Å². The third-order valence-electron chi connectivity index (χ3n) is 20.2. The first-order valence-electron chi connectivity index (χ1n) is 36.1. The molecule has 0 saturated carbocycles. The summed E-state index contributed by atoms with van der Waals surface area (Å²) in [6.07, 6.45) is 7.47. The summed E-state index contributed by atoms with van der Waals surface area (Å²) in [6.45, 7) is 16.6. The minimum Gasteiger partial charge on any atom is -0.507 e. The fraction of sp³-hybridized carbons (Fsp3) is 0.481. The monoisotopic (exact) mass is 1500 g/mol. The Balaban J connectivity index is 0.883. The number of carbonyl (C=O) groups is 10. The number of urea groups is 1. The summed E-state index contributed by atoms with van der Waals surface area (Å²) >= 11 is 0. The molecule has 580 valence electrons. The number of aliphatic hydroxyl groups is 2. The van der Waals surface area contributed by atoms with E-state index < -0.39 is 136 Å². The number of nitrogens with two attached hydrogens (primary N) is 1. The van der Waals surface area contributed by atoms with Gasteiger partial charge in [-0.25, -0.2) is 14.6 Å². The average Bonchev–Trinajstić information content (AvgIpc) is 1.39. The molecule has 9 amide bonds. The van der Waals surface area contributed by atoms with Crippen molar-refractivity contribution in [3.8, 4) is 28.7 Å². The largest absolute Gasteiger partial charge is 0.507 e. The van der Waals surface area contributed by atoms with E-state index in [2.05, 4.69) is 31.9 Å². The van der Waals surface area contributed by atoms with E-state index in [9.17, 15) is 63.6 Å². The molecule has 31 nitrogen and oxygen atoms in total. The maximum absolute atomic E-state index is 15.1. The van der Waals surface area contributed by atoms with Crippen molar-refractivity contribution in [2.75, 3.05) is 48.8 Å². The number of fused-ring (bicyclic) bond motifs is 2. The molecule has 12 N–H and O–H groups in total. The van der Waals surface area contributed by atoms with E-state index in [1.807, 2.05) is 4.90 Å². The van der Waals surface area contributed by atoms with Gasteiger partial charge in [0.15, 0.2) is 11.3 Å². The Morgan fingerprint density at radius 1 is 0.852 bits per heavy atom. The molecule has 0 aromatic heterocycles. The van der Waals surface area contributed by atoms with Crippen LogP contribution in [0.2, 0.25) is 0 Å².